The lowest BCUT2D eigenvalue weighted by Crippen LogP contribution is -2.20. The third-order valence-corrected chi connectivity index (χ3v) is 3.18. The van der Waals surface area contributed by atoms with Crippen LogP contribution in [-0.2, 0) is 18.9 Å². The van der Waals surface area contributed by atoms with Crippen LogP contribution < -0.4 is 0 Å². The zero-order chi connectivity index (χ0) is 14.2. The van der Waals surface area contributed by atoms with Gasteiger partial charge >= 0.3 is 19.5 Å². The summed E-state index contributed by atoms with van der Waals surface area (Å²) in [5.41, 5.74) is 0. The van der Waals surface area contributed by atoms with Gasteiger partial charge in [0.1, 0.15) is 0 Å². The van der Waals surface area contributed by atoms with Gasteiger partial charge in [-0.25, -0.2) is 0 Å². The van der Waals surface area contributed by atoms with E-state index in [1.807, 2.05) is 6.92 Å². The SMILES string of the molecule is CCCCOC(=O)CCC(CP(=O)(O)O)C(=O)O. The fourth-order valence-electron chi connectivity index (χ4n) is 1.27. The molecule has 7 nitrogen and oxygen atoms in total. The maximum atomic E-state index is 11.2. The summed E-state index contributed by atoms with van der Waals surface area (Å²) in [6.45, 7) is 2.22. The molecule has 0 fully saturated rings. The van der Waals surface area contributed by atoms with Gasteiger partial charge in [0, 0.05) is 6.42 Å². The molecule has 106 valence electrons. The molecule has 0 rings (SSSR count). The molecule has 8 heteroatoms. The predicted octanol–water partition coefficient (Wildman–Crippen LogP) is 0.988. The average molecular weight is 282 g/mol. The summed E-state index contributed by atoms with van der Waals surface area (Å²) < 4.78 is 15.5. The van der Waals surface area contributed by atoms with Gasteiger partial charge in [0.25, 0.3) is 0 Å². The zero-order valence-electron chi connectivity index (χ0n) is 10.2. The summed E-state index contributed by atoms with van der Waals surface area (Å²) in [6.07, 6.45) is 0.566. The normalized spacial score (nSPS) is 13.1. The summed E-state index contributed by atoms with van der Waals surface area (Å²) in [6, 6.07) is 0. The fourth-order valence-corrected chi connectivity index (χ4v) is 2.19. The van der Waals surface area contributed by atoms with Gasteiger partial charge in [-0.05, 0) is 12.8 Å². The van der Waals surface area contributed by atoms with E-state index in [0.717, 1.165) is 12.8 Å². The van der Waals surface area contributed by atoms with Crippen molar-refractivity contribution in [2.75, 3.05) is 12.8 Å². The topological polar surface area (TPSA) is 121 Å². The minimum absolute atomic E-state index is 0.134. The fraction of sp³-hybridized carbons (Fsp3) is 0.800. The molecule has 1 unspecified atom stereocenters. The van der Waals surface area contributed by atoms with Gasteiger partial charge in [-0.15, -0.1) is 0 Å². The molecule has 18 heavy (non-hydrogen) atoms. The third-order valence-electron chi connectivity index (χ3n) is 2.27. The quantitative estimate of drug-likeness (QED) is 0.327. The number of esters is 1. The van der Waals surface area contributed by atoms with Crippen molar-refractivity contribution in [3.63, 3.8) is 0 Å². The van der Waals surface area contributed by atoms with Gasteiger partial charge in [-0.3, -0.25) is 14.2 Å². The van der Waals surface area contributed by atoms with Crippen molar-refractivity contribution in [2.24, 2.45) is 5.92 Å². The standard InChI is InChI=1S/C10H19O7P/c1-2-3-6-17-9(11)5-4-8(10(12)13)7-18(14,15)16/h8H,2-7H2,1H3,(H,12,13)(H2,14,15,16). The highest BCUT2D eigenvalue weighted by Gasteiger charge is 2.27. The van der Waals surface area contributed by atoms with E-state index in [1.165, 1.54) is 0 Å². The highest BCUT2D eigenvalue weighted by atomic mass is 31.2. The first kappa shape index (κ1) is 17.1. The Morgan fingerprint density at radius 2 is 1.94 bits per heavy atom. The minimum atomic E-state index is -4.39. The maximum absolute atomic E-state index is 11.2. The molecule has 0 amide bonds. The van der Waals surface area contributed by atoms with Crippen LogP contribution in [0.1, 0.15) is 32.6 Å². The Hall–Kier alpha value is -0.910. The summed E-state index contributed by atoms with van der Waals surface area (Å²) in [5.74, 6) is -3.09. The number of carboxylic acids is 1. The smallest absolute Gasteiger partial charge is 0.326 e. The second-order valence-electron chi connectivity index (χ2n) is 4.00. The van der Waals surface area contributed by atoms with Crippen LogP contribution in [0.15, 0.2) is 0 Å². The Morgan fingerprint density at radius 3 is 2.39 bits per heavy atom. The summed E-state index contributed by atoms with van der Waals surface area (Å²) in [5, 5.41) is 8.77. The molecule has 3 N–H and O–H groups in total. The van der Waals surface area contributed by atoms with Gasteiger partial charge in [0.2, 0.25) is 0 Å². The first-order valence-electron chi connectivity index (χ1n) is 5.69. The molecule has 0 aliphatic rings. The lowest BCUT2D eigenvalue weighted by atomic mass is 10.1. The van der Waals surface area contributed by atoms with Crippen LogP contribution in [0.2, 0.25) is 0 Å². The molecule has 1 atom stereocenters. The van der Waals surface area contributed by atoms with E-state index in [-0.39, 0.29) is 19.4 Å². The average Bonchev–Trinajstić information content (AvgIpc) is 2.22. The molecule has 0 saturated carbocycles. The Bertz CT molecular complexity index is 322. The monoisotopic (exact) mass is 282 g/mol. The molecule has 0 saturated heterocycles. The molecule has 0 aromatic rings. The van der Waals surface area contributed by atoms with Crippen molar-refractivity contribution in [3.8, 4) is 0 Å². The second kappa shape index (κ2) is 8.24. The van der Waals surface area contributed by atoms with Crippen molar-refractivity contribution >= 4 is 19.5 Å². The molecule has 0 bridgehead atoms. The maximum Gasteiger partial charge on any atom is 0.326 e. The van der Waals surface area contributed by atoms with E-state index in [0.29, 0.717) is 0 Å². The van der Waals surface area contributed by atoms with Crippen LogP contribution in [0.3, 0.4) is 0 Å². The molecule has 0 spiro atoms. The third kappa shape index (κ3) is 9.15. The van der Waals surface area contributed by atoms with E-state index < -0.39 is 31.6 Å². The van der Waals surface area contributed by atoms with Crippen molar-refractivity contribution in [1.29, 1.82) is 0 Å². The summed E-state index contributed by atoms with van der Waals surface area (Å²) in [7, 11) is -4.39. The van der Waals surface area contributed by atoms with E-state index in [1.54, 1.807) is 0 Å². The van der Waals surface area contributed by atoms with Crippen molar-refractivity contribution in [1.82, 2.24) is 0 Å². The molecule has 0 aromatic carbocycles. The number of carbonyl (C=O) groups excluding carboxylic acids is 1. The largest absolute Gasteiger partial charge is 0.481 e. The minimum Gasteiger partial charge on any atom is -0.481 e. The number of aliphatic carboxylic acids is 1. The van der Waals surface area contributed by atoms with Crippen LogP contribution in [0, 0.1) is 5.92 Å². The predicted molar refractivity (Wildman–Crippen MR) is 63.1 cm³/mol. The van der Waals surface area contributed by atoms with Crippen molar-refractivity contribution < 1.29 is 33.8 Å². The van der Waals surface area contributed by atoms with E-state index >= 15 is 0 Å². The number of rotatable bonds is 9. The van der Waals surface area contributed by atoms with Gasteiger partial charge in [0.15, 0.2) is 0 Å². The molecule has 0 heterocycles. The highest BCUT2D eigenvalue weighted by Crippen LogP contribution is 2.38. The molecule has 0 aromatic heterocycles. The first-order valence-corrected chi connectivity index (χ1v) is 7.49. The lowest BCUT2D eigenvalue weighted by Gasteiger charge is -2.12. The van der Waals surface area contributed by atoms with Crippen LogP contribution in [-0.4, -0.2) is 39.6 Å². The number of carboxylic acid groups (broad SMARTS) is 1. The van der Waals surface area contributed by atoms with Crippen molar-refractivity contribution in [2.45, 2.75) is 32.6 Å². The lowest BCUT2D eigenvalue weighted by molar-refractivity contribution is -0.145. The van der Waals surface area contributed by atoms with Crippen molar-refractivity contribution in [3.05, 3.63) is 0 Å². The molecular formula is C10H19O7P. The van der Waals surface area contributed by atoms with Crippen LogP contribution >= 0.6 is 7.60 Å². The number of ether oxygens (including phenoxy) is 1. The van der Waals surface area contributed by atoms with Gasteiger partial charge in [0.05, 0.1) is 18.7 Å². The van der Waals surface area contributed by atoms with Gasteiger partial charge in [-0.2, -0.15) is 0 Å². The highest BCUT2D eigenvalue weighted by molar-refractivity contribution is 7.51. The summed E-state index contributed by atoms with van der Waals surface area (Å²) >= 11 is 0. The first-order chi connectivity index (χ1) is 8.26. The van der Waals surface area contributed by atoms with E-state index in [2.05, 4.69) is 0 Å². The van der Waals surface area contributed by atoms with Crippen LogP contribution in [0.4, 0.5) is 0 Å². The van der Waals surface area contributed by atoms with Crippen LogP contribution in [0.5, 0.6) is 0 Å². The second-order valence-corrected chi connectivity index (χ2v) is 5.69. The molecule has 0 aliphatic carbocycles. The van der Waals surface area contributed by atoms with Crippen LogP contribution in [0.25, 0.3) is 0 Å². The Kier molecular flexibility index (Phi) is 7.82. The Morgan fingerprint density at radius 1 is 1.33 bits per heavy atom. The zero-order valence-corrected chi connectivity index (χ0v) is 11.1. The number of hydrogen-bond acceptors (Lipinski definition) is 4. The van der Waals surface area contributed by atoms with Gasteiger partial charge in [-0.1, -0.05) is 13.3 Å². The van der Waals surface area contributed by atoms with E-state index in [4.69, 9.17) is 19.6 Å². The molecular weight excluding hydrogens is 263 g/mol. The van der Waals surface area contributed by atoms with E-state index in [9.17, 15) is 14.2 Å². The Balaban J connectivity index is 4.08. The number of unbranched alkanes of at least 4 members (excludes halogenated alkanes) is 1. The number of carbonyl (C=O) groups is 2. The Labute approximate surface area is 105 Å². The van der Waals surface area contributed by atoms with Gasteiger partial charge < -0.3 is 19.6 Å². The molecule has 0 radical (unpaired) electrons. The number of hydrogen-bond donors (Lipinski definition) is 3. The molecule has 0 aliphatic heterocycles. The summed E-state index contributed by atoms with van der Waals surface area (Å²) in [4.78, 5) is 39.4.